The zero-order valence-corrected chi connectivity index (χ0v) is 15.3. The second-order valence-corrected chi connectivity index (χ2v) is 7.28. The summed E-state index contributed by atoms with van der Waals surface area (Å²) in [4.78, 5) is 10.7. The van der Waals surface area contributed by atoms with Gasteiger partial charge in [-0.05, 0) is 56.0 Å². The number of nitrogens with zero attached hydrogens (tertiary/aromatic N) is 4. The summed E-state index contributed by atoms with van der Waals surface area (Å²) in [6.07, 6.45) is 5.61. The van der Waals surface area contributed by atoms with Gasteiger partial charge in [0, 0.05) is 32.3 Å². The first kappa shape index (κ1) is 16.9. The van der Waals surface area contributed by atoms with Gasteiger partial charge in [0.2, 0.25) is 0 Å². The molecule has 1 saturated heterocycles. The lowest BCUT2D eigenvalue weighted by Crippen LogP contribution is -2.35. The maximum absolute atomic E-state index is 9.24. The zero-order chi connectivity index (χ0) is 17.9. The van der Waals surface area contributed by atoms with Crippen LogP contribution in [0, 0.1) is 17.2 Å². The Morgan fingerprint density at radius 1 is 1.35 bits per heavy atom. The molecule has 4 rings (SSSR count). The molecular weight excluding hydrogens is 322 g/mol. The van der Waals surface area contributed by atoms with Gasteiger partial charge in [-0.2, -0.15) is 5.26 Å². The van der Waals surface area contributed by atoms with Crippen molar-refractivity contribution in [3.63, 3.8) is 0 Å². The molecule has 5 nitrogen and oxygen atoms in total. The fourth-order valence-electron chi connectivity index (χ4n) is 4.11. The molecule has 2 aromatic heterocycles. The molecule has 0 spiro atoms. The Hall–Kier alpha value is -2.58. The first-order valence-electron chi connectivity index (χ1n) is 9.50. The summed E-state index contributed by atoms with van der Waals surface area (Å²) in [6, 6.07) is 12.6. The highest BCUT2D eigenvalue weighted by atomic mass is 15.1. The maximum Gasteiger partial charge on any atom is 0.120 e. The molecule has 3 aromatic rings. The molecule has 1 N–H and O–H groups in total. The van der Waals surface area contributed by atoms with Crippen molar-refractivity contribution in [3.05, 3.63) is 53.6 Å². The van der Waals surface area contributed by atoms with Gasteiger partial charge in [-0.25, -0.2) is 4.98 Å². The number of hydrogen-bond acceptors (Lipinski definition) is 3. The third-order valence-corrected chi connectivity index (χ3v) is 5.34. The number of benzene rings is 1. The molecule has 134 valence electrons. The number of aromatic nitrogens is 3. The number of likely N-dealkylation sites (tertiary alicyclic amines) is 1. The fraction of sp³-hybridized carbons (Fsp3) is 0.429. The van der Waals surface area contributed by atoms with Crippen molar-refractivity contribution in [3.8, 4) is 6.07 Å². The van der Waals surface area contributed by atoms with Crippen LogP contribution in [0.25, 0.3) is 11.0 Å². The average Bonchev–Trinajstić information content (AvgIpc) is 3.24. The second-order valence-electron chi connectivity index (χ2n) is 7.28. The van der Waals surface area contributed by atoms with Crippen molar-refractivity contribution in [2.45, 2.75) is 39.3 Å². The number of fused-ring (bicyclic) bond motifs is 1. The van der Waals surface area contributed by atoms with E-state index in [4.69, 9.17) is 4.98 Å². The zero-order valence-electron chi connectivity index (χ0n) is 15.3. The molecule has 0 amide bonds. The molecule has 26 heavy (non-hydrogen) atoms. The van der Waals surface area contributed by atoms with E-state index in [0.717, 1.165) is 55.2 Å². The maximum atomic E-state index is 9.24. The SMILES string of the molecule is CCn1cc(CN2CCC[C@@H](Cc3nc4ccccc4[nH]3)C2)cc1C#N. The van der Waals surface area contributed by atoms with E-state index >= 15 is 0 Å². The summed E-state index contributed by atoms with van der Waals surface area (Å²) in [5.74, 6) is 1.73. The van der Waals surface area contributed by atoms with Crippen molar-refractivity contribution < 1.29 is 0 Å². The van der Waals surface area contributed by atoms with E-state index in [1.165, 1.54) is 18.4 Å². The van der Waals surface area contributed by atoms with Gasteiger partial charge in [0.15, 0.2) is 0 Å². The third kappa shape index (κ3) is 3.51. The normalized spacial score (nSPS) is 18.2. The summed E-state index contributed by atoms with van der Waals surface area (Å²) in [5.41, 5.74) is 4.19. The lowest BCUT2D eigenvalue weighted by Gasteiger charge is -2.32. The van der Waals surface area contributed by atoms with E-state index < -0.39 is 0 Å². The highest BCUT2D eigenvalue weighted by Gasteiger charge is 2.22. The van der Waals surface area contributed by atoms with E-state index in [9.17, 15) is 5.26 Å². The van der Waals surface area contributed by atoms with Crippen LogP contribution in [0.4, 0.5) is 0 Å². The molecule has 5 heteroatoms. The molecule has 1 atom stereocenters. The Labute approximate surface area is 154 Å². The number of aryl methyl sites for hydroxylation is 1. The van der Waals surface area contributed by atoms with E-state index in [1.54, 1.807) is 0 Å². The number of imidazole rings is 1. The Bertz CT molecular complexity index is 896. The Morgan fingerprint density at radius 2 is 2.23 bits per heavy atom. The van der Waals surface area contributed by atoms with Crippen LogP contribution < -0.4 is 0 Å². The Balaban J connectivity index is 1.41. The largest absolute Gasteiger partial charge is 0.342 e. The minimum absolute atomic E-state index is 0.632. The monoisotopic (exact) mass is 347 g/mol. The fourth-order valence-corrected chi connectivity index (χ4v) is 4.11. The molecule has 0 radical (unpaired) electrons. The van der Waals surface area contributed by atoms with Crippen LogP contribution in [0.5, 0.6) is 0 Å². The van der Waals surface area contributed by atoms with Gasteiger partial charge >= 0.3 is 0 Å². The molecular formula is C21H25N5. The molecule has 0 aliphatic carbocycles. The molecule has 0 bridgehead atoms. The molecule has 0 unspecified atom stereocenters. The first-order chi connectivity index (χ1) is 12.7. The summed E-state index contributed by atoms with van der Waals surface area (Å²) in [7, 11) is 0. The number of aromatic amines is 1. The molecule has 1 aliphatic heterocycles. The summed E-state index contributed by atoms with van der Waals surface area (Å²) >= 11 is 0. The van der Waals surface area contributed by atoms with E-state index in [2.05, 4.69) is 41.2 Å². The van der Waals surface area contributed by atoms with Crippen LogP contribution in [0.15, 0.2) is 36.5 Å². The molecule has 1 aliphatic rings. The van der Waals surface area contributed by atoms with Crippen molar-refractivity contribution in [1.82, 2.24) is 19.4 Å². The van der Waals surface area contributed by atoms with Crippen LogP contribution in [0.1, 0.15) is 36.8 Å². The van der Waals surface area contributed by atoms with Gasteiger partial charge in [0.05, 0.1) is 11.0 Å². The number of H-pyrrole nitrogens is 1. The highest BCUT2D eigenvalue weighted by molar-refractivity contribution is 5.74. The summed E-state index contributed by atoms with van der Waals surface area (Å²) < 4.78 is 2.03. The standard InChI is InChI=1S/C21H25N5/c1-2-26-15-17(10-18(26)12-22)14-25-9-5-6-16(13-25)11-21-23-19-7-3-4-8-20(19)24-21/h3-4,7-8,10,15-16H,2,5-6,9,11,13-14H2,1H3,(H,23,24)/t16-/m0/s1. The van der Waals surface area contributed by atoms with Gasteiger partial charge in [-0.3, -0.25) is 4.90 Å². The average molecular weight is 347 g/mol. The van der Waals surface area contributed by atoms with Crippen molar-refractivity contribution in [2.75, 3.05) is 13.1 Å². The van der Waals surface area contributed by atoms with E-state index in [-0.39, 0.29) is 0 Å². The number of nitriles is 1. The predicted molar refractivity (Wildman–Crippen MR) is 103 cm³/mol. The lowest BCUT2D eigenvalue weighted by molar-refractivity contribution is 0.166. The van der Waals surface area contributed by atoms with E-state index in [1.807, 2.05) is 22.8 Å². The Morgan fingerprint density at radius 3 is 3.00 bits per heavy atom. The van der Waals surface area contributed by atoms with Crippen LogP contribution in [0.2, 0.25) is 0 Å². The smallest absolute Gasteiger partial charge is 0.120 e. The highest BCUT2D eigenvalue weighted by Crippen LogP contribution is 2.23. The minimum atomic E-state index is 0.632. The molecule has 1 aromatic carbocycles. The van der Waals surface area contributed by atoms with Gasteiger partial charge in [-0.1, -0.05) is 12.1 Å². The lowest BCUT2D eigenvalue weighted by atomic mass is 9.94. The number of piperidine rings is 1. The van der Waals surface area contributed by atoms with Gasteiger partial charge in [0.1, 0.15) is 17.6 Å². The second kappa shape index (κ2) is 7.35. The van der Waals surface area contributed by atoms with Crippen LogP contribution >= 0.6 is 0 Å². The van der Waals surface area contributed by atoms with Gasteiger partial charge < -0.3 is 9.55 Å². The molecule has 0 saturated carbocycles. The first-order valence-corrected chi connectivity index (χ1v) is 9.50. The predicted octanol–water partition coefficient (Wildman–Crippen LogP) is 3.71. The topological polar surface area (TPSA) is 60.6 Å². The van der Waals surface area contributed by atoms with Gasteiger partial charge in [0.25, 0.3) is 0 Å². The van der Waals surface area contributed by atoms with Crippen molar-refractivity contribution in [2.24, 2.45) is 5.92 Å². The van der Waals surface area contributed by atoms with Crippen LogP contribution in [0.3, 0.4) is 0 Å². The minimum Gasteiger partial charge on any atom is -0.342 e. The van der Waals surface area contributed by atoms with E-state index in [0.29, 0.717) is 5.92 Å². The third-order valence-electron chi connectivity index (χ3n) is 5.34. The van der Waals surface area contributed by atoms with Crippen LogP contribution in [-0.4, -0.2) is 32.5 Å². The summed E-state index contributed by atoms with van der Waals surface area (Å²) in [5, 5.41) is 9.24. The molecule has 1 fully saturated rings. The number of nitrogens with one attached hydrogen (secondary N) is 1. The van der Waals surface area contributed by atoms with Crippen molar-refractivity contribution >= 4 is 11.0 Å². The van der Waals surface area contributed by atoms with Crippen LogP contribution in [-0.2, 0) is 19.5 Å². The van der Waals surface area contributed by atoms with Gasteiger partial charge in [-0.15, -0.1) is 0 Å². The number of para-hydroxylation sites is 2. The van der Waals surface area contributed by atoms with Crippen molar-refractivity contribution in [1.29, 1.82) is 5.26 Å². The quantitative estimate of drug-likeness (QED) is 0.765. The Kier molecular flexibility index (Phi) is 4.77. The molecule has 3 heterocycles. The number of hydrogen-bond donors (Lipinski definition) is 1. The summed E-state index contributed by atoms with van der Waals surface area (Å²) in [6.45, 7) is 6.08. The number of rotatable bonds is 5.